The van der Waals surface area contributed by atoms with Crippen LogP contribution >= 0.6 is 0 Å². The summed E-state index contributed by atoms with van der Waals surface area (Å²) in [6.45, 7) is 2.29. The molecule has 7 nitrogen and oxygen atoms in total. The Morgan fingerprint density at radius 1 is 1.48 bits per heavy atom. The molecule has 0 spiro atoms. The maximum absolute atomic E-state index is 11.6. The molecule has 1 amide bonds. The van der Waals surface area contributed by atoms with Crippen LogP contribution in [0.25, 0.3) is 0 Å². The Bertz CT molecular complexity index is 478. The summed E-state index contributed by atoms with van der Waals surface area (Å²) in [5.41, 5.74) is -0.165. The summed E-state index contributed by atoms with van der Waals surface area (Å²) < 4.78 is 5.17. The summed E-state index contributed by atoms with van der Waals surface area (Å²) in [5, 5.41) is 22.3. The number of hydrogen-bond donors (Lipinski definition) is 2. The lowest BCUT2D eigenvalue weighted by atomic mass is 10.1. The third-order valence-electron chi connectivity index (χ3n) is 2.93. The van der Waals surface area contributed by atoms with Crippen LogP contribution in [-0.4, -0.2) is 35.7 Å². The fourth-order valence-corrected chi connectivity index (χ4v) is 1.69. The number of aliphatic hydroxyl groups excluding tert-OH is 1. The van der Waals surface area contributed by atoms with Crippen molar-refractivity contribution in [1.29, 1.82) is 0 Å². The molecular weight excluding hydrogens is 276 g/mol. The summed E-state index contributed by atoms with van der Waals surface area (Å²) >= 11 is 0. The molecule has 2 N–H and O–H groups in total. The largest absolute Gasteiger partial charge is 0.477 e. The van der Waals surface area contributed by atoms with Gasteiger partial charge in [-0.25, -0.2) is 0 Å². The number of para-hydroxylation sites is 2. The number of ether oxygens (including phenoxy) is 1. The zero-order valence-electron chi connectivity index (χ0n) is 11.9. The van der Waals surface area contributed by atoms with Crippen molar-refractivity contribution in [3.8, 4) is 5.75 Å². The number of nitro groups is 1. The van der Waals surface area contributed by atoms with E-state index in [1.54, 1.807) is 6.07 Å². The first-order chi connectivity index (χ1) is 10.0. The number of nitrogens with zero attached hydrogens (tertiary/aromatic N) is 1. The van der Waals surface area contributed by atoms with E-state index in [1.165, 1.54) is 18.2 Å². The molecule has 7 heteroatoms. The Balaban J connectivity index is 2.32. The fourth-order valence-electron chi connectivity index (χ4n) is 1.69. The Labute approximate surface area is 123 Å². The molecule has 1 aromatic carbocycles. The minimum absolute atomic E-state index is 0.0755. The predicted octanol–water partition coefficient (Wildman–Crippen LogP) is 1.50. The number of benzene rings is 1. The highest BCUT2D eigenvalue weighted by atomic mass is 16.6. The lowest BCUT2D eigenvalue weighted by Gasteiger charge is -2.09. The topological polar surface area (TPSA) is 102 Å². The minimum Gasteiger partial charge on any atom is -0.477 e. The van der Waals surface area contributed by atoms with Crippen molar-refractivity contribution >= 4 is 11.6 Å². The molecule has 0 aromatic heterocycles. The van der Waals surface area contributed by atoms with E-state index in [2.05, 4.69) is 5.32 Å². The summed E-state index contributed by atoms with van der Waals surface area (Å²) in [6.07, 6.45) is 1.58. The Hall–Kier alpha value is -2.15. The van der Waals surface area contributed by atoms with E-state index in [9.17, 15) is 14.9 Å². The van der Waals surface area contributed by atoms with Gasteiger partial charge in [0.25, 0.3) is 5.91 Å². The highest BCUT2D eigenvalue weighted by Crippen LogP contribution is 2.25. The van der Waals surface area contributed by atoms with Crippen molar-refractivity contribution in [2.45, 2.75) is 19.8 Å². The quantitative estimate of drug-likeness (QED) is 0.408. The molecule has 116 valence electrons. The van der Waals surface area contributed by atoms with E-state index in [4.69, 9.17) is 9.84 Å². The van der Waals surface area contributed by atoms with Crippen LogP contribution in [0.3, 0.4) is 0 Å². The van der Waals surface area contributed by atoms with E-state index in [0.717, 1.165) is 12.8 Å². The van der Waals surface area contributed by atoms with E-state index < -0.39 is 4.92 Å². The van der Waals surface area contributed by atoms with Crippen LogP contribution in [0.1, 0.15) is 19.8 Å². The van der Waals surface area contributed by atoms with Crippen LogP contribution in [0.2, 0.25) is 0 Å². The molecule has 0 radical (unpaired) electrons. The number of aliphatic hydroxyl groups is 1. The molecular formula is C14H20N2O5. The molecule has 1 rings (SSSR count). The summed E-state index contributed by atoms with van der Waals surface area (Å²) in [7, 11) is 0. The smallest absolute Gasteiger partial charge is 0.310 e. The molecule has 0 bridgehead atoms. The van der Waals surface area contributed by atoms with Gasteiger partial charge in [-0.15, -0.1) is 0 Å². The van der Waals surface area contributed by atoms with Crippen molar-refractivity contribution < 1.29 is 19.6 Å². The van der Waals surface area contributed by atoms with Crippen LogP contribution in [0, 0.1) is 16.0 Å². The van der Waals surface area contributed by atoms with Gasteiger partial charge in [0.2, 0.25) is 0 Å². The van der Waals surface area contributed by atoms with Crippen molar-refractivity contribution in [2.75, 3.05) is 19.8 Å². The molecule has 0 aliphatic rings. The predicted molar refractivity (Wildman–Crippen MR) is 77.1 cm³/mol. The molecule has 0 saturated heterocycles. The second kappa shape index (κ2) is 8.91. The first-order valence-electron chi connectivity index (χ1n) is 6.78. The van der Waals surface area contributed by atoms with Gasteiger partial charge in [-0.3, -0.25) is 14.9 Å². The average molecular weight is 296 g/mol. The van der Waals surface area contributed by atoms with Crippen LogP contribution in [0.5, 0.6) is 5.75 Å². The Morgan fingerprint density at radius 2 is 2.19 bits per heavy atom. The van der Waals surface area contributed by atoms with E-state index in [0.29, 0.717) is 6.54 Å². The highest BCUT2D eigenvalue weighted by Gasteiger charge is 2.14. The SMILES string of the molecule is CC(CO)CCCNC(=O)COc1ccccc1[N+](=O)[O-]. The molecule has 21 heavy (non-hydrogen) atoms. The molecule has 1 atom stereocenters. The molecule has 0 heterocycles. The Morgan fingerprint density at radius 3 is 2.86 bits per heavy atom. The zero-order valence-corrected chi connectivity index (χ0v) is 11.9. The normalized spacial score (nSPS) is 11.7. The van der Waals surface area contributed by atoms with Gasteiger partial charge in [0.15, 0.2) is 12.4 Å². The van der Waals surface area contributed by atoms with E-state index in [1.807, 2.05) is 6.92 Å². The zero-order chi connectivity index (χ0) is 15.7. The first kappa shape index (κ1) is 16.9. The highest BCUT2D eigenvalue weighted by molar-refractivity contribution is 5.77. The lowest BCUT2D eigenvalue weighted by Crippen LogP contribution is -2.30. The van der Waals surface area contributed by atoms with Gasteiger partial charge in [-0.2, -0.15) is 0 Å². The summed E-state index contributed by atoms with van der Waals surface area (Å²) in [5.74, 6) is -0.0403. The first-order valence-corrected chi connectivity index (χ1v) is 6.78. The molecule has 1 aromatic rings. The maximum Gasteiger partial charge on any atom is 0.310 e. The van der Waals surface area contributed by atoms with Gasteiger partial charge in [0, 0.05) is 19.2 Å². The Kier molecular flexibility index (Phi) is 7.17. The molecule has 0 aliphatic heterocycles. The second-order valence-corrected chi connectivity index (χ2v) is 4.79. The maximum atomic E-state index is 11.6. The summed E-state index contributed by atoms with van der Waals surface area (Å²) in [6, 6.07) is 5.92. The van der Waals surface area contributed by atoms with Gasteiger partial charge in [0.05, 0.1) is 4.92 Å². The second-order valence-electron chi connectivity index (χ2n) is 4.79. The number of nitro benzene ring substituents is 1. The van der Waals surface area contributed by atoms with Crippen LogP contribution in [0.15, 0.2) is 24.3 Å². The lowest BCUT2D eigenvalue weighted by molar-refractivity contribution is -0.385. The van der Waals surface area contributed by atoms with E-state index in [-0.39, 0.29) is 36.5 Å². The number of nitrogens with one attached hydrogen (secondary N) is 1. The van der Waals surface area contributed by atoms with Crippen LogP contribution < -0.4 is 10.1 Å². The monoisotopic (exact) mass is 296 g/mol. The van der Waals surface area contributed by atoms with Gasteiger partial charge in [0.1, 0.15) is 0 Å². The van der Waals surface area contributed by atoms with Gasteiger partial charge in [-0.1, -0.05) is 19.1 Å². The third kappa shape index (κ3) is 6.22. The molecule has 0 fully saturated rings. The van der Waals surface area contributed by atoms with Gasteiger partial charge < -0.3 is 15.2 Å². The number of rotatable bonds is 9. The number of amides is 1. The summed E-state index contributed by atoms with van der Waals surface area (Å²) in [4.78, 5) is 21.8. The van der Waals surface area contributed by atoms with Crippen molar-refractivity contribution in [2.24, 2.45) is 5.92 Å². The van der Waals surface area contributed by atoms with Crippen LogP contribution in [0.4, 0.5) is 5.69 Å². The fraction of sp³-hybridized carbons (Fsp3) is 0.500. The van der Waals surface area contributed by atoms with Crippen molar-refractivity contribution in [3.63, 3.8) is 0 Å². The number of hydrogen-bond acceptors (Lipinski definition) is 5. The molecule has 0 aliphatic carbocycles. The molecule has 0 saturated carbocycles. The minimum atomic E-state index is -0.552. The van der Waals surface area contributed by atoms with Gasteiger partial charge in [-0.05, 0) is 24.8 Å². The van der Waals surface area contributed by atoms with E-state index >= 15 is 0 Å². The molecule has 1 unspecified atom stereocenters. The number of carbonyl (C=O) groups is 1. The van der Waals surface area contributed by atoms with Crippen molar-refractivity contribution in [1.82, 2.24) is 5.32 Å². The third-order valence-corrected chi connectivity index (χ3v) is 2.93. The average Bonchev–Trinajstić information content (AvgIpc) is 2.49. The van der Waals surface area contributed by atoms with Crippen LogP contribution in [-0.2, 0) is 4.79 Å². The standard InChI is InChI=1S/C14H20N2O5/c1-11(9-17)5-4-8-15-14(18)10-21-13-7-3-2-6-12(13)16(19)20/h2-3,6-7,11,17H,4-5,8-10H2,1H3,(H,15,18). The number of carbonyl (C=O) groups excluding carboxylic acids is 1. The van der Waals surface area contributed by atoms with Gasteiger partial charge >= 0.3 is 5.69 Å². The van der Waals surface area contributed by atoms with Crippen molar-refractivity contribution in [3.05, 3.63) is 34.4 Å².